The number of likely N-dealkylation sites (N-methyl/N-ethyl adjacent to an activating group) is 1. The summed E-state index contributed by atoms with van der Waals surface area (Å²) in [6.07, 6.45) is 3.25. The third kappa shape index (κ3) is 3.92. The van der Waals surface area contributed by atoms with E-state index >= 15 is 0 Å². The third-order valence-electron chi connectivity index (χ3n) is 3.81. The fourth-order valence-corrected chi connectivity index (χ4v) is 2.50. The van der Waals surface area contributed by atoms with Crippen LogP contribution in [0.4, 0.5) is 0 Å². The Bertz CT molecular complexity index is 899. The molecule has 0 unspecified atom stereocenters. The van der Waals surface area contributed by atoms with E-state index in [9.17, 15) is 9.59 Å². The van der Waals surface area contributed by atoms with Crippen LogP contribution in [0.1, 0.15) is 26.9 Å². The summed E-state index contributed by atoms with van der Waals surface area (Å²) < 4.78 is 6.81. The quantitative estimate of drug-likeness (QED) is 0.663. The number of imidazole rings is 1. The van der Waals surface area contributed by atoms with E-state index in [0.717, 1.165) is 0 Å². The van der Waals surface area contributed by atoms with Gasteiger partial charge in [-0.05, 0) is 38.4 Å². The van der Waals surface area contributed by atoms with Crippen molar-refractivity contribution in [3.63, 3.8) is 0 Å². The molecule has 0 spiro atoms. The maximum atomic E-state index is 12.5. The van der Waals surface area contributed by atoms with Crippen molar-refractivity contribution in [1.82, 2.24) is 24.9 Å². The molecule has 0 aliphatic rings. The molecule has 0 aromatic carbocycles. The maximum Gasteiger partial charge on any atom is 0.288 e. The number of carbonyl (C=O) groups excluding carboxylic acids is 2. The van der Waals surface area contributed by atoms with Gasteiger partial charge in [0.25, 0.3) is 11.8 Å². The molecule has 3 heterocycles. The molecular formula is C18H21N5O3. The first-order chi connectivity index (χ1) is 12.6. The number of hydrogen-bond acceptors (Lipinski definition) is 5. The fourth-order valence-electron chi connectivity index (χ4n) is 2.50. The number of rotatable bonds is 7. The monoisotopic (exact) mass is 355 g/mol. The van der Waals surface area contributed by atoms with Crippen LogP contribution >= 0.6 is 0 Å². The molecule has 3 aromatic rings. The van der Waals surface area contributed by atoms with E-state index in [0.29, 0.717) is 24.4 Å². The molecular weight excluding hydrogens is 334 g/mol. The minimum Gasteiger partial charge on any atom is -0.467 e. The van der Waals surface area contributed by atoms with Gasteiger partial charge in [-0.3, -0.25) is 14.0 Å². The van der Waals surface area contributed by atoms with Crippen molar-refractivity contribution in [3.05, 3.63) is 60.1 Å². The molecule has 3 rings (SSSR count). The van der Waals surface area contributed by atoms with Crippen LogP contribution in [0.5, 0.6) is 0 Å². The molecule has 2 amide bonds. The van der Waals surface area contributed by atoms with Gasteiger partial charge in [0.1, 0.15) is 5.76 Å². The first-order valence-electron chi connectivity index (χ1n) is 8.27. The number of pyridine rings is 1. The lowest BCUT2D eigenvalue weighted by atomic mass is 10.3. The number of amides is 2. The van der Waals surface area contributed by atoms with Crippen LogP contribution in [0.3, 0.4) is 0 Å². The predicted molar refractivity (Wildman–Crippen MR) is 96.0 cm³/mol. The Kier molecular flexibility index (Phi) is 5.33. The molecule has 0 saturated carbocycles. The largest absolute Gasteiger partial charge is 0.467 e. The Labute approximate surface area is 150 Å². The molecule has 3 aromatic heterocycles. The average Bonchev–Trinajstić information content (AvgIpc) is 3.27. The van der Waals surface area contributed by atoms with Crippen molar-refractivity contribution < 1.29 is 14.0 Å². The van der Waals surface area contributed by atoms with Crippen LogP contribution in [-0.4, -0.2) is 53.3 Å². The van der Waals surface area contributed by atoms with Gasteiger partial charge in [-0.1, -0.05) is 6.07 Å². The number of hydrogen-bond donors (Lipinski definition) is 2. The smallest absolute Gasteiger partial charge is 0.288 e. The Morgan fingerprint density at radius 2 is 2.00 bits per heavy atom. The highest BCUT2D eigenvalue weighted by Gasteiger charge is 2.21. The van der Waals surface area contributed by atoms with E-state index in [4.69, 9.17) is 4.42 Å². The molecule has 0 saturated heterocycles. The molecule has 0 bridgehead atoms. The predicted octanol–water partition coefficient (Wildman–Crippen LogP) is 1.15. The van der Waals surface area contributed by atoms with Crippen molar-refractivity contribution in [2.24, 2.45) is 0 Å². The van der Waals surface area contributed by atoms with Gasteiger partial charge in [-0.15, -0.1) is 0 Å². The van der Waals surface area contributed by atoms with Gasteiger partial charge < -0.3 is 20.0 Å². The van der Waals surface area contributed by atoms with Gasteiger partial charge >= 0.3 is 0 Å². The lowest BCUT2D eigenvalue weighted by molar-refractivity contribution is 0.0937. The third-order valence-corrected chi connectivity index (χ3v) is 3.81. The molecule has 8 nitrogen and oxygen atoms in total. The van der Waals surface area contributed by atoms with Gasteiger partial charge in [0.2, 0.25) is 5.82 Å². The lowest BCUT2D eigenvalue weighted by Crippen LogP contribution is -2.31. The van der Waals surface area contributed by atoms with Crippen molar-refractivity contribution in [2.45, 2.75) is 6.54 Å². The Hall–Kier alpha value is -3.13. The summed E-state index contributed by atoms with van der Waals surface area (Å²) in [5.74, 6) is 0.112. The number of nitrogens with one attached hydrogen (secondary N) is 2. The van der Waals surface area contributed by atoms with Gasteiger partial charge in [0.15, 0.2) is 5.69 Å². The van der Waals surface area contributed by atoms with Crippen LogP contribution in [0.25, 0.3) is 5.52 Å². The molecule has 0 atom stereocenters. The van der Waals surface area contributed by atoms with Gasteiger partial charge in [-0.2, -0.15) is 0 Å². The number of fused-ring (bicyclic) bond motifs is 1. The molecule has 0 radical (unpaired) electrons. The van der Waals surface area contributed by atoms with Crippen LogP contribution < -0.4 is 10.6 Å². The van der Waals surface area contributed by atoms with Gasteiger partial charge in [0, 0.05) is 19.3 Å². The van der Waals surface area contributed by atoms with Crippen LogP contribution in [-0.2, 0) is 6.54 Å². The summed E-state index contributed by atoms with van der Waals surface area (Å²) in [7, 11) is 3.86. The van der Waals surface area contributed by atoms with E-state index in [1.54, 1.807) is 47.2 Å². The highest BCUT2D eigenvalue weighted by Crippen LogP contribution is 2.13. The first-order valence-corrected chi connectivity index (χ1v) is 8.27. The fraction of sp³-hybridized carbons (Fsp3) is 0.278. The highest BCUT2D eigenvalue weighted by atomic mass is 16.3. The average molecular weight is 355 g/mol. The molecule has 26 heavy (non-hydrogen) atoms. The van der Waals surface area contributed by atoms with Crippen molar-refractivity contribution in [3.8, 4) is 0 Å². The zero-order valence-corrected chi connectivity index (χ0v) is 14.7. The second-order valence-electron chi connectivity index (χ2n) is 6.06. The molecule has 0 fully saturated rings. The van der Waals surface area contributed by atoms with E-state index < -0.39 is 0 Å². The summed E-state index contributed by atoms with van der Waals surface area (Å²) >= 11 is 0. The first kappa shape index (κ1) is 17.7. The Morgan fingerprint density at radius 1 is 1.15 bits per heavy atom. The topological polar surface area (TPSA) is 91.9 Å². The Balaban J connectivity index is 1.80. The normalized spacial score (nSPS) is 11.0. The standard InChI is InChI=1S/C18H21N5O3/c1-22(2)10-8-19-17(24)15-14-7-3-4-9-23(14)16(21-15)18(25)20-12-13-6-5-11-26-13/h3-7,9,11H,8,10,12H2,1-2H3,(H,19,24)(H,20,25). The molecule has 2 N–H and O–H groups in total. The summed E-state index contributed by atoms with van der Waals surface area (Å²) in [5, 5.41) is 5.58. The van der Waals surface area contributed by atoms with Crippen molar-refractivity contribution in [2.75, 3.05) is 27.2 Å². The van der Waals surface area contributed by atoms with E-state index in [1.165, 1.54) is 0 Å². The molecule has 136 valence electrons. The zero-order valence-electron chi connectivity index (χ0n) is 14.7. The zero-order chi connectivity index (χ0) is 18.5. The van der Waals surface area contributed by atoms with Gasteiger partial charge in [-0.25, -0.2) is 4.98 Å². The highest BCUT2D eigenvalue weighted by molar-refractivity contribution is 6.02. The van der Waals surface area contributed by atoms with E-state index in [2.05, 4.69) is 15.6 Å². The molecule has 8 heteroatoms. The second-order valence-corrected chi connectivity index (χ2v) is 6.06. The van der Waals surface area contributed by atoms with Crippen LogP contribution in [0.2, 0.25) is 0 Å². The minimum absolute atomic E-state index is 0.157. The SMILES string of the molecule is CN(C)CCNC(=O)c1nc(C(=O)NCc2ccco2)n2ccccc12. The summed E-state index contributed by atoms with van der Waals surface area (Å²) in [6, 6.07) is 8.87. The van der Waals surface area contributed by atoms with Crippen LogP contribution in [0, 0.1) is 0 Å². The van der Waals surface area contributed by atoms with Gasteiger partial charge in [0.05, 0.1) is 18.3 Å². The molecule has 0 aliphatic carbocycles. The lowest BCUT2D eigenvalue weighted by Gasteiger charge is -2.09. The van der Waals surface area contributed by atoms with Crippen molar-refractivity contribution >= 4 is 17.3 Å². The number of carbonyl (C=O) groups is 2. The summed E-state index contributed by atoms with van der Waals surface area (Å²) in [4.78, 5) is 31.2. The van der Waals surface area contributed by atoms with Crippen LogP contribution in [0.15, 0.2) is 47.2 Å². The summed E-state index contributed by atoms with van der Waals surface area (Å²) in [6.45, 7) is 1.46. The number of aromatic nitrogens is 2. The minimum atomic E-state index is -0.380. The number of nitrogens with zero attached hydrogens (tertiary/aromatic N) is 3. The Morgan fingerprint density at radius 3 is 2.73 bits per heavy atom. The summed E-state index contributed by atoms with van der Waals surface area (Å²) in [5.41, 5.74) is 0.811. The van der Waals surface area contributed by atoms with Crippen molar-refractivity contribution in [1.29, 1.82) is 0 Å². The molecule has 0 aliphatic heterocycles. The maximum absolute atomic E-state index is 12.5. The second kappa shape index (κ2) is 7.83. The van der Waals surface area contributed by atoms with E-state index in [-0.39, 0.29) is 29.9 Å². The van der Waals surface area contributed by atoms with E-state index in [1.807, 2.05) is 19.0 Å². The number of furan rings is 1.